The van der Waals surface area contributed by atoms with Crippen molar-refractivity contribution in [2.24, 2.45) is 0 Å². The number of nitrogens with zero attached hydrogens (tertiary/aromatic N) is 1. The Bertz CT molecular complexity index is 525. The number of carbonyl (C=O) groups is 2. The third-order valence-electron chi connectivity index (χ3n) is 3.32. The Balaban J connectivity index is 2.27. The number of carboxylic acids is 1. The molecular formula is C15H19NO5. The minimum atomic E-state index is -1.08. The Morgan fingerprint density at radius 2 is 2.00 bits per heavy atom. The van der Waals surface area contributed by atoms with Gasteiger partial charge in [-0.05, 0) is 31.5 Å². The van der Waals surface area contributed by atoms with Crippen LogP contribution in [0.4, 0.5) is 0 Å². The summed E-state index contributed by atoms with van der Waals surface area (Å²) in [7, 11) is 1.59. The lowest BCUT2D eigenvalue weighted by Gasteiger charge is -2.37. The number of hydrogen-bond donors (Lipinski definition) is 1. The fourth-order valence-corrected chi connectivity index (χ4v) is 2.33. The summed E-state index contributed by atoms with van der Waals surface area (Å²) >= 11 is 0. The van der Waals surface area contributed by atoms with Gasteiger partial charge in [0.05, 0.1) is 12.1 Å². The van der Waals surface area contributed by atoms with Crippen LogP contribution < -0.4 is 4.74 Å². The molecule has 0 aliphatic carbocycles. The quantitative estimate of drug-likeness (QED) is 0.909. The fourth-order valence-electron chi connectivity index (χ4n) is 2.33. The van der Waals surface area contributed by atoms with Crippen molar-refractivity contribution in [3.63, 3.8) is 0 Å². The van der Waals surface area contributed by atoms with Crippen LogP contribution in [0.5, 0.6) is 5.75 Å². The normalized spacial score (nSPS) is 22.5. The van der Waals surface area contributed by atoms with Crippen molar-refractivity contribution in [1.82, 2.24) is 4.90 Å². The molecule has 1 aliphatic rings. The van der Waals surface area contributed by atoms with Gasteiger partial charge in [-0.2, -0.15) is 0 Å². The van der Waals surface area contributed by atoms with E-state index in [1.165, 1.54) is 4.90 Å². The number of likely N-dealkylation sites (N-methyl/N-ethyl adjacent to an activating group) is 1. The maximum atomic E-state index is 11.7. The SMILES string of the molecule is CC(C)Oc1ccc(C2C(C(=O)O)OCC(=O)N2C)cc1. The molecule has 6 nitrogen and oxygen atoms in total. The summed E-state index contributed by atoms with van der Waals surface area (Å²) in [5.41, 5.74) is 0.703. The fraction of sp³-hybridized carbons (Fsp3) is 0.467. The van der Waals surface area contributed by atoms with Crippen LogP contribution in [0.15, 0.2) is 24.3 Å². The van der Waals surface area contributed by atoms with Gasteiger partial charge >= 0.3 is 5.97 Å². The van der Waals surface area contributed by atoms with Crippen LogP contribution in [0.1, 0.15) is 25.5 Å². The lowest BCUT2D eigenvalue weighted by atomic mass is 9.98. The highest BCUT2D eigenvalue weighted by Crippen LogP contribution is 2.30. The summed E-state index contributed by atoms with van der Waals surface area (Å²) in [6.07, 6.45) is -1.01. The van der Waals surface area contributed by atoms with Crippen molar-refractivity contribution in [3.05, 3.63) is 29.8 Å². The molecule has 114 valence electrons. The van der Waals surface area contributed by atoms with E-state index in [4.69, 9.17) is 9.47 Å². The van der Waals surface area contributed by atoms with E-state index < -0.39 is 18.1 Å². The van der Waals surface area contributed by atoms with E-state index in [0.29, 0.717) is 11.3 Å². The summed E-state index contributed by atoms with van der Waals surface area (Å²) in [6, 6.07) is 6.41. The molecule has 1 saturated heterocycles. The molecule has 0 aromatic heterocycles. The molecule has 0 spiro atoms. The lowest BCUT2D eigenvalue weighted by Crippen LogP contribution is -2.50. The predicted octanol–water partition coefficient (Wildman–Crippen LogP) is 1.46. The van der Waals surface area contributed by atoms with Crippen molar-refractivity contribution in [3.8, 4) is 5.75 Å². The highest BCUT2D eigenvalue weighted by atomic mass is 16.5. The van der Waals surface area contributed by atoms with Crippen LogP contribution in [0.2, 0.25) is 0 Å². The standard InChI is InChI=1S/C15H19NO5/c1-9(2)21-11-6-4-10(5-7-11)13-14(15(18)19)20-8-12(17)16(13)3/h4-7,9,13-14H,8H2,1-3H3,(H,18,19). The zero-order chi connectivity index (χ0) is 15.6. The zero-order valence-electron chi connectivity index (χ0n) is 12.3. The van der Waals surface area contributed by atoms with Gasteiger partial charge in [0.1, 0.15) is 12.4 Å². The molecule has 1 N–H and O–H groups in total. The van der Waals surface area contributed by atoms with Crippen LogP contribution in [0.3, 0.4) is 0 Å². The van der Waals surface area contributed by atoms with E-state index in [1.807, 2.05) is 13.8 Å². The minimum absolute atomic E-state index is 0.0601. The molecule has 1 aliphatic heterocycles. The first-order valence-corrected chi connectivity index (χ1v) is 6.77. The molecule has 6 heteroatoms. The second kappa shape index (κ2) is 6.13. The third kappa shape index (κ3) is 3.33. The number of aliphatic carboxylic acids is 1. The molecule has 0 saturated carbocycles. The van der Waals surface area contributed by atoms with Crippen molar-refractivity contribution < 1.29 is 24.2 Å². The van der Waals surface area contributed by atoms with Crippen LogP contribution >= 0.6 is 0 Å². The van der Waals surface area contributed by atoms with E-state index in [9.17, 15) is 14.7 Å². The zero-order valence-corrected chi connectivity index (χ0v) is 12.3. The van der Waals surface area contributed by atoms with Crippen molar-refractivity contribution in [2.45, 2.75) is 32.1 Å². The van der Waals surface area contributed by atoms with Gasteiger partial charge in [0.25, 0.3) is 0 Å². The van der Waals surface area contributed by atoms with Gasteiger partial charge in [-0.25, -0.2) is 4.79 Å². The average molecular weight is 293 g/mol. The van der Waals surface area contributed by atoms with Crippen molar-refractivity contribution in [2.75, 3.05) is 13.7 Å². The largest absolute Gasteiger partial charge is 0.491 e. The second-order valence-electron chi connectivity index (χ2n) is 5.25. The topological polar surface area (TPSA) is 76.1 Å². The van der Waals surface area contributed by atoms with Crippen LogP contribution in [-0.2, 0) is 14.3 Å². The second-order valence-corrected chi connectivity index (χ2v) is 5.25. The van der Waals surface area contributed by atoms with E-state index >= 15 is 0 Å². The third-order valence-corrected chi connectivity index (χ3v) is 3.32. The van der Waals surface area contributed by atoms with Crippen molar-refractivity contribution in [1.29, 1.82) is 0 Å². The van der Waals surface area contributed by atoms with Gasteiger partial charge in [-0.3, -0.25) is 4.79 Å². The molecule has 1 amide bonds. The number of morpholine rings is 1. The minimum Gasteiger partial charge on any atom is -0.491 e. The first kappa shape index (κ1) is 15.3. The summed E-state index contributed by atoms with van der Waals surface area (Å²) in [5.74, 6) is -0.617. The number of ether oxygens (including phenoxy) is 2. The molecular weight excluding hydrogens is 274 g/mol. The van der Waals surface area contributed by atoms with E-state index in [2.05, 4.69) is 0 Å². The highest BCUT2D eigenvalue weighted by Gasteiger charge is 2.40. The maximum Gasteiger partial charge on any atom is 0.335 e. The summed E-state index contributed by atoms with van der Waals surface area (Å²) in [5, 5.41) is 9.26. The van der Waals surface area contributed by atoms with Gasteiger partial charge in [0, 0.05) is 7.05 Å². The summed E-state index contributed by atoms with van der Waals surface area (Å²) in [4.78, 5) is 24.5. The lowest BCUT2D eigenvalue weighted by molar-refractivity contribution is -0.171. The number of benzene rings is 1. The number of carboxylic acid groups (broad SMARTS) is 1. The Morgan fingerprint density at radius 3 is 2.52 bits per heavy atom. The maximum absolute atomic E-state index is 11.7. The smallest absolute Gasteiger partial charge is 0.335 e. The van der Waals surface area contributed by atoms with Gasteiger partial charge in [-0.1, -0.05) is 12.1 Å². The van der Waals surface area contributed by atoms with Gasteiger partial charge in [-0.15, -0.1) is 0 Å². The number of carbonyl (C=O) groups excluding carboxylic acids is 1. The predicted molar refractivity (Wildman–Crippen MR) is 75.1 cm³/mol. The van der Waals surface area contributed by atoms with Crippen LogP contribution in [0, 0.1) is 0 Å². The first-order chi connectivity index (χ1) is 9.90. The molecule has 1 fully saturated rings. The molecule has 1 aromatic rings. The molecule has 1 heterocycles. The molecule has 0 radical (unpaired) electrons. The van der Waals surface area contributed by atoms with Crippen LogP contribution in [-0.4, -0.2) is 47.7 Å². The van der Waals surface area contributed by atoms with Crippen LogP contribution in [0.25, 0.3) is 0 Å². The number of amides is 1. The average Bonchev–Trinajstić information content (AvgIpc) is 2.42. The molecule has 2 rings (SSSR count). The Hall–Kier alpha value is -2.08. The van der Waals surface area contributed by atoms with Crippen molar-refractivity contribution >= 4 is 11.9 Å². The Morgan fingerprint density at radius 1 is 1.38 bits per heavy atom. The van der Waals surface area contributed by atoms with E-state index in [0.717, 1.165) is 0 Å². The molecule has 1 aromatic carbocycles. The number of hydrogen-bond acceptors (Lipinski definition) is 4. The highest BCUT2D eigenvalue weighted by molar-refractivity contribution is 5.82. The molecule has 2 atom stereocenters. The van der Waals surface area contributed by atoms with Gasteiger partial charge in [0.2, 0.25) is 5.91 Å². The van der Waals surface area contributed by atoms with E-state index in [-0.39, 0.29) is 18.6 Å². The Kier molecular flexibility index (Phi) is 4.47. The first-order valence-electron chi connectivity index (χ1n) is 6.77. The van der Waals surface area contributed by atoms with E-state index in [1.54, 1.807) is 31.3 Å². The number of rotatable bonds is 4. The Labute approximate surface area is 123 Å². The van der Waals surface area contributed by atoms with Gasteiger partial charge in [0.15, 0.2) is 6.10 Å². The molecule has 0 bridgehead atoms. The molecule has 2 unspecified atom stereocenters. The summed E-state index contributed by atoms with van der Waals surface area (Å²) < 4.78 is 10.7. The monoisotopic (exact) mass is 293 g/mol. The molecule has 21 heavy (non-hydrogen) atoms. The summed E-state index contributed by atoms with van der Waals surface area (Å²) in [6.45, 7) is 3.64. The van der Waals surface area contributed by atoms with Gasteiger partial charge < -0.3 is 19.5 Å².